The zero-order valence-corrected chi connectivity index (χ0v) is 41.3. The van der Waals surface area contributed by atoms with Crippen molar-refractivity contribution in [3.05, 3.63) is 109 Å². The Morgan fingerprint density at radius 1 is 0.344 bits per heavy atom. The van der Waals surface area contributed by atoms with E-state index in [2.05, 4.69) is 75.5 Å². The van der Waals surface area contributed by atoms with E-state index in [1.807, 2.05) is 54.7 Å². The molecule has 362 valence electrons. The lowest BCUT2D eigenvalue weighted by Crippen LogP contribution is -2.30. The number of esters is 3. The van der Waals surface area contributed by atoms with E-state index < -0.39 is 6.10 Å². The van der Waals surface area contributed by atoms with Gasteiger partial charge in [0.15, 0.2) is 6.10 Å². The first-order valence-electron chi connectivity index (χ1n) is 26.0. The number of carbonyl (C=O) groups excluding carboxylic acids is 3. The molecule has 6 nitrogen and oxygen atoms in total. The lowest BCUT2D eigenvalue weighted by molar-refractivity contribution is -0.167. The number of unbranched alkanes of at least 4 members (excludes halogenated alkanes) is 20. The molecule has 0 rings (SSSR count). The summed E-state index contributed by atoms with van der Waals surface area (Å²) < 4.78 is 16.7. The second-order valence-corrected chi connectivity index (χ2v) is 16.8. The molecule has 0 aliphatic carbocycles. The second kappa shape index (κ2) is 51.7. The summed E-state index contributed by atoms with van der Waals surface area (Å²) in [6.07, 6.45) is 69.4. The highest BCUT2D eigenvalue weighted by Crippen LogP contribution is 2.15. The van der Waals surface area contributed by atoms with Gasteiger partial charge in [0.05, 0.1) is 0 Å². The summed E-state index contributed by atoms with van der Waals surface area (Å²) in [6, 6.07) is 0. The van der Waals surface area contributed by atoms with Crippen molar-refractivity contribution in [3.8, 4) is 0 Å². The molecule has 0 heterocycles. The molecule has 0 aromatic carbocycles. The van der Waals surface area contributed by atoms with Crippen LogP contribution < -0.4 is 0 Å². The van der Waals surface area contributed by atoms with Crippen LogP contribution in [0, 0.1) is 0 Å². The fourth-order valence-corrected chi connectivity index (χ4v) is 6.82. The number of hydrogen-bond acceptors (Lipinski definition) is 6. The molecule has 0 aromatic rings. The number of hydrogen-bond donors (Lipinski definition) is 0. The Labute approximate surface area is 393 Å². The Morgan fingerprint density at radius 2 is 0.703 bits per heavy atom. The van der Waals surface area contributed by atoms with Crippen LogP contribution in [0.2, 0.25) is 0 Å². The predicted molar refractivity (Wildman–Crippen MR) is 274 cm³/mol. The summed E-state index contributed by atoms with van der Waals surface area (Å²) in [4.78, 5) is 38.0. The maximum absolute atomic E-state index is 12.8. The van der Waals surface area contributed by atoms with Crippen LogP contribution in [0.4, 0.5) is 0 Å². The largest absolute Gasteiger partial charge is 0.462 e. The Bertz CT molecular complexity index is 1340. The fraction of sp³-hybridized carbons (Fsp3) is 0.638. The van der Waals surface area contributed by atoms with Crippen molar-refractivity contribution in [1.29, 1.82) is 0 Å². The Kier molecular flexibility index (Phi) is 48.5. The van der Waals surface area contributed by atoms with Crippen LogP contribution in [0.5, 0.6) is 0 Å². The van der Waals surface area contributed by atoms with Gasteiger partial charge in [0.25, 0.3) is 0 Å². The third-order valence-corrected chi connectivity index (χ3v) is 10.7. The SMILES string of the molecule is CC/C=C/C=C/C=C/C=C/C=C/CCCC(=O)OCC(COC(=O)CCCCCCCC/C=C/C/C=C/C/C=C/C/C=C/CC)OC(=O)CCCCCCCCCCCCCCCC. The Hall–Kier alpha value is -3.93. The van der Waals surface area contributed by atoms with E-state index in [1.165, 1.54) is 83.5 Å². The van der Waals surface area contributed by atoms with Crippen molar-refractivity contribution in [3.63, 3.8) is 0 Å². The first kappa shape index (κ1) is 60.1. The standard InChI is InChI=1S/C58H94O6/c1-4-7-10-13-16-19-22-25-27-28-29-30-31-34-36-39-42-45-48-51-57(60)63-54-55(53-62-56(59)50-47-44-41-38-35-32-24-21-18-15-12-9-6-3)64-58(61)52-49-46-43-40-37-33-26-23-20-17-14-11-8-5-2/h7,9-10,12,15-16,18-19,21,24-25,27,29-30,32,35,38,41,55H,4-6,8,11,13-14,17,20,22-23,26,28,31,33-34,36-37,39-40,42-54H2,1-3H3/b10-7+,12-9+,18-15+,19-16+,24-21+,27-25+,30-29+,35-32+,41-38+. The van der Waals surface area contributed by atoms with Gasteiger partial charge in [-0.3, -0.25) is 14.4 Å². The molecular weight excluding hydrogens is 793 g/mol. The number of allylic oxidation sites excluding steroid dienone is 18. The smallest absolute Gasteiger partial charge is 0.306 e. The van der Waals surface area contributed by atoms with E-state index in [-0.39, 0.29) is 37.5 Å². The van der Waals surface area contributed by atoms with Gasteiger partial charge in [-0.05, 0) is 70.6 Å². The minimum absolute atomic E-state index is 0.108. The summed E-state index contributed by atoms with van der Waals surface area (Å²) in [6.45, 7) is 6.30. The fourth-order valence-electron chi connectivity index (χ4n) is 6.82. The van der Waals surface area contributed by atoms with E-state index in [0.717, 1.165) is 89.9 Å². The molecule has 0 radical (unpaired) electrons. The van der Waals surface area contributed by atoms with Crippen LogP contribution in [0.3, 0.4) is 0 Å². The molecule has 0 aliphatic rings. The highest BCUT2D eigenvalue weighted by Gasteiger charge is 2.19. The summed E-state index contributed by atoms with van der Waals surface area (Å²) in [5.74, 6) is -1.00. The minimum Gasteiger partial charge on any atom is -0.462 e. The minimum atomic E-state index is -0.812. The number of rotatable bonds is 45. The highest BCUT2D eigenvalue weighted by molar-refractivity contribution is 5.71. The van der Waals surface area contributed by atoms with Gasteiger partial charge in [0.1, 0.15) is 13.2 Å². The Morgan fingerprint density at radius 3 is 1.19 bits per heavy atom. The van der Waals surface area contributed by atoms with Crippen LogP contribution in [0.1, 0.15) is 220 Å². The molecule has 0 fully saturated rings. The molecular formula is C58H94O6. The predicted octanol–water partition coefficient (Wildman–Crippen LogP) is 17.1. The summed E-state index contributed by atoms with van der Waals surface area (Å²) in [5.41, 5.74) is 0. The van der Waals surface area contributed by atoms with Crippen molar-refractivity contribution < 1.29 is 28.6 Å². The van der Waals surface area contributed by atoms with E-state index in [0.29, 0.717) is 19.3 Å². The zero-order chi connectivity index (χ0) is 46.5. The van der Waals surface area contributed by atoms with Crippen LogP contribution in [-0.4, -0.2) is 37.2 Å². The third kappa shape index (κ3) is 49.1. The van der Waals surface area contributed by atoms with E-state index in [4.69, 9.17) is 14.2 Å². The van der Waals surface area contributed by atoms with Gasteiger partial charge < -0.3 is 14.2 Å². The molecule has 1 unspecified atom stereocenters. The summed E-state index contributed by atoms with van der Waals surface area (Å²) in [7, 11) is 0. The van der Waals surface area contributed by atoms with Gasteiger partial charge in [-0.25, -0.2) is 0 Å². The molecule has 0 bridgehead atoms. The van der Waals surface area contributed by atoms with Gasteiger partial charge in [-0.15, -0.1) is 0 Å². The van der Waals surface area contributed by atoms with E-state index in [1.54, 1.807) is 0 Å². The summed E-state index contributed by atoms with van der Waals surface area (Å²) in [5, 5.41) is 0. The van der Waals surface area contributed by atoms with Crippen molar-refractivity contribution in [2.24, 2.45) is 0 Å². The van der Waals surface area contributed by atoms with Gasteiger partial charge in [0, 0.05) is 19.3 Å². The Balaban J connectivity index is 4.48. The topological polar surface area (TPSA) is 78.9 Å². The van der Waals surface area contributed by atoms with E-state index >= 15 is 0 Å². The molecule has 0 aliphatic heterocycles. The molecule has 0 saturated heterocycles. The molecule has 0 amide bonds. The van der Waals surface area contributed by atoms with Gasteiger partial charge in [-0.2, -0.15) is 0 Å². The van der Waals surface area contributed by atoms with Crippen LogP contribution in [0.25, 0.3) is 0 Å². The zero-order valence-electron chi connectivity index (χ0n) is 41.3. The van der Waals surface area contributed by atoms with Crippen molar-refractivity contribution in [1.82, 2.24) is 0 Å². The third-order valence-electron chi connectivity index (χ3n) is 10.7. The highest BCUT2D eigenvalue weighted by atomic mass is 16.6. The quantitative estimate of drug-likeness (QED) is 0.0199. The maximum Gasteiger partial charge on any atom is 0.306 e. The monoisotopic (exact) mass is 887 g/mol. The van der Waals surface area contributed by atoms with Crippen LogP contribution in [-0.2, 0) is 28.6 Å². The number of carbonyl (C=O) groups is 3. The molecule has 6 heteroatoms. The molecule has 0 aromatic heterocycles. The number of ether oxygens (including phenoxy) is 3. The summed E-state index contributed by atoms with van der Waals surface area (Å²) >= 11 is 0. The molecule has 64 heavy (non-hydrogen) atoms. The lowest BCUT2D eigenvalue weighted by atomic mass is 10.0. The lowest BCUT2D eigenvalue weighted by Gasteiger charge is -2.18. The van der Waals surface area contributed by atoms with Gasteiger partial charge >= 0.3 is 17.9 Å². The van der Waals surface area contributed by atoms with E-state index in [9.17, 15) is 14.4 Å². The maximum atomic E-state index is 12.8. The van der Waals surface area contributed by atoms with Crippen molar-refractivity contribution in [2.75, 3.05) is 13.2 Å². The molecule has 0 spiro atoms. The first-order valence-corrected chi connectivity index (χ1v) is 26.0. The normalized spacial score (nSPS) is 13.0. The van der Waals surface area contributed by atoms with Crippen LogP contribution >= 0.6 is 0 Å². The molecule has 0 saturated carbocycles. The average molecular weight is 887 g/mol. The molecule has 1 atom stereocenters. The van der Waals surface area contributed by atoms with Gasteiger partial charge in [0.2, 0.25) is 0 Å². The first-order chi connectivity index (χ1) is 31.5. The van der Waals surface area contributed by atoms with Crippen molar-refractivity contribution >= 4 is 17.9 Å². The second-order valence-electron chi connectivity index (χ2n) is 16.8. The van der Waals surface area contributed by atoms with Crippen LogP contribution in [0.15, 0.2) is 109 Å². The average Bonchev–Trinajstić information content (AvgIpc) is 3.29. The van der Waals surface area contributed by atoms with Gasteiger partial charge in [-0.1, -0.05) is 239 Å². The molecule has 0 N–H and O–H groups in total. The van der Waals surface area contributed by atoms with Crippen molar-refractivity contribution in [2.45, 2.75) is 226 Å².